The third kappa shape index (κ3) is 5.64. The van der Waals surface area contributed by atoms with E-state index in [9.17, 15) is 14.9 Å². The zero-order valence-electron chi connectivity index (χ0n) is 21.3. The molecule has 4 aromatic rings. The third-order valence-corrected chi connectivity index (χ3v) is 6.73. The van der Waals surface area contributed by atoms with Gasteiger partial charge in [-0.3, -0.25) is 9.59 Å². The standard InChI is InChI=1S/C30H26ClN5O3/c1-19-7-9-20(10-8-19)28(37)27-24(18-32)29(36(35-27)23-13-11-22(31)12-14-23)33-15-4-16-34-30(38)26-17-21-5-2-3-6-25(21)39-26/h2-3,5-14,26,33H,4,15-17H2,1H3,(H,34,38). The fourth-order valence-corrected chi connectivity index (χ4v) is 4.53. The Morgan fingerprint density at radius 3 is 2.54 bits per heavy atom. The summed E-state index contributed by atoms with van der Waals surface area (Å²) >= 11 is 6.07. The molecule has 1 aliphatic heterocycles. The molecule has 39 heavy (non-hydrogen) atoms. The molecule has 0 saturated carbocycles. The number of hydrogen-bond acceptors (Lipinski definition) is 6. The molecule has 1 amide bonds. The number of ketones is 1. The van der Waals surface area contributed by atoms with Gasteiger partial charge >= 0.3 is 0 Å². The monoisotopic (exact) mass is 539 g/mol. The van der Waals surface area contributed by atoms with Crippen LogP contribution in [0.3, 0.4) is 0 Å². The van der Waals surface area contributed by atoms with Crippen molar-refractivity contribution in [1.29, 1.82) is 5.26 Å². The minimum absolute atomic E-state index is 0.0602. The number of nitriles is 1. The Labute approximate surface area is 231 Å². The number of fused-ring (bicyclic) bond motifs is 1. The van der Waals surface area contributed by atoms with Gasteiger partial charge in [0.15, 0.2) is 11.8 Å². The first-order valence-electron chi connectivity index (χ1n) is 12.6. The Balaban J connectivity index is 1.29. The zero-order chi connectivity index (χ0) is 27.4. The number of aryl methyl sites for hydroxylation is 1. The summed E-state index contributed by atoms with van der Waals surface area (Å²) in [5.41, 5.74) is 3.35. The molecular formula is C30H26ClN5O3. The Morgan fingerprint density at radius 1 is 1.08 bits per heavy atom. The lowest BCUT2D eigenvalue weighted by molar-refractivity contribution is -0.127. The minimum Gasteiger partial charge on any atom is -0.480 e. The van der Waals surface area contributed by atoms with Crippen molar-refractivity contribution in [2.24, 2.45) is 0 Å². The van der Waals surface area contributed by atoms with E-state index in [0.29, 0.717) is 48.0 Å². The van der Waals surface area contributed by atoms with Crippen molar-refractivity contribution in [2.75, 3.05) is 18.4 Å². The van der Waals surface area contributed by atoms with Gasteiger partial charge in [-0.1, -0.05) is 59.6 Å². The quantitative estimate of drug-likeness (QED) is 0.232. The number of anilines is 1. The molecule has 1 unspecified atom stereocenters. The lowest BCUT2D eigenvalue weighted by Crippen LogP contribution is -2.38. The Bertz CT molecular complexity index is 1530. The van der Waals surface area contributed by atoms with Gasteiger partial charge < -0.3 is 15.4 Å². The molecule has 1 aromatic heterocycles. The van der Waals surface area contributed by atoms with Crippen LogP contribution in [-0.2, 0) is 11.2 Å². The molecule has 0 saturated heterocycles. The van der Waals surface area contributed by atoms with E-state index in [1.54, 1.807) is 41.1 Å². The number of hydrogen-bond donors (Lipinski definition) is 2. The second-order valence-corrected chi connectivity index (χ2v) is 9.69. The van der Waals surface area contributed by atoms with Crippen molar-refractivity contribution in [3.05, 3.63) is 106 Å². The van der Waals surface area contributed by atoms with Crippen LogP contribution in [-0.4, -0.2) is 40.7 Å². The van der Waals surface area contributed by atoms with Gasteiger partial charge in [-0.25, -0.2) is 4.68 Å². The highest BCUT2D eigenvalue weighted by atomic mass is 35.5. The summed E-state index contributed by atoms with van der Waals surface area (Å²) in [6, 6.07) is 23.9. The molecule has 1 atom stereocenters. The highest BCUT2D eigenvalue weighted by Gasteiger charge is 2.28. The summed E-state index contributed by atoms with van der Waals surface area (Å²) in [5.74, 6) is 0.638. The Morgan fingerprint density at radius 2 is 1.82 bits per heavy atom. The zero-order valence-corrected chi connectivity index (χ0v) is 22.0. The molecule has 0 radical (unpaired) electrons. The van der Waals surface area contributed by atoms with Crippen LogP contribution in [0.15, 0.2) is 72.8 Å². The van der Waals surface area contributed by atoms with Crippen LogP contribution in [0.1, 0.15) is 39.2 Å². The maximum Gasteiger partial charge on any atom is 0.261 e. The molecule has 196 valence electrons. The number of nitrogens with zero attached hydrogens (tertiary/aromatic N) is 3. The van der Waals surface area contributed by atoms with Crippen LogP contribution in [0, 0.1) is 18.3 Å². The molecule has 5 rings (SSSR count). The van der Waals surface area contributed by atoms with E-state index in [1.165, 1.54) is 0 Å². The summed E-state index contributed by atoms with van der Waals surface area (Å²) < 4.78 is 7.29. The first-order valence-corrected chi connectivity index (χ1v) is 13.0. The van der Waals surface area contributed by atoms with Gasteiger partial charge in [0.05, 0.1) is 5.69 Å². The van der Waals surface area contributed by atoms with Crippen LogP contribution in [0.25, 0.3) is 5.69 Å². The van der Waals surface area contributed by atoms with Crippen molar-refractivity contribution >= 4 is 29.1 Å². The van der Waals surface area contributed by atoms with Gasteiger partial charge in [0.1, 0.15) is 23.2 Å². The second-order valence-electron chi connectivity index (χ2n) is 9.26. The highest BCUT2D eigenvalue weighted by molar-refractivity contribution is 6.30. The number of para-hydroxylation sites is 1. The van der Waals surface area contributed by atoms with Crippen LogP contribution in [0.2, 0.25) is 5.02 Å². The number of halogens is 1. The van der Waals surface area contributed by atoms with Gasteiger partial charge in [0, 0.05) is 30.1 Å². The molecule has 0 spiro atoms. The summed E-state index contributed by atoms with van der Waals surface area (Å²) in [6.07, 6.45) is 0.579. The Kier molecular flexibility index (Phi) is 7.62. The van der Waals surface area contributed by atoms with Crippen molar-refractivity contribution in [2.45, 2.75) is 25.9 Å². The third-order valence-electron chi connectivity index (χ3n) is 6.48. The lowest BCUT2D eigenvalue weighted by Gasteiger charge is -2.13. The fourth-order valence-electron chi connectivity index (χ4n) is 4.41. The van der Waals surface area contributed by atoms with Crippen molar-refractivity contribution < 1.29 is 14.3 Å². The average molecular weight is 540 g/mol. The van der Waals surface area contributed by atoms with Gasteiger partial charge in [-0.05, 0) is 49.2 Å². The number of carbonyl (C=O) groups is 2. The number of aromatic nitrogens is 2. The molecule has 2 N–H and O–H groups in total. The van der Waals surface area contributed by atoms with Gasteiger partial charge in [0.25, 0.3) is 5.91 Å². The predicted octanol–water partition coefficient (Wildman–Crippen LogP) is 4.86. The van der Waals surface area contributed by atoms with E-state index in [2.05, 4.69) is 21.8 Å². The van der Waals surface area contributed by atoms with Crippen LogP contribution in [0.4, 0.5) is 5.82 Å². The summed E-state index contributed by atoms with van der Waals surface area (Å²) in [5, 5.41) is 21.3. The van der Waals surface area contributed by atoms with Crippen LogP contribution in [0.5, 0.6) is 5.75 Å². The number of amides is 1. The molecule has 0 aliphatic carbocycles. The number of carbonyl (C=O) groups excluding carboxylic acids is 2. The van der Waals surface area contributed by atoms with E-state index in [1.807, 2.05) is 43.3 Å². The molecule has 2 heterocycles. The number of rotatable bonds is 9. The lowest BCUT2D eigenvalue weighted by atomic mass is 10.0. The smallest absolute Gasteiger partial charge is 0.261 e. The molecule has 3 aromatic carbocycles. The van der Waals surface area contributed by atoms with E-state index in [0.717, 1.165) is 16.9 Å². The van der Waals surface area contributed by atoms with E-state index in [4.69, 9.17) is 16.3 Å². The molecule has 1 aliphatic rings. The average Bonchev–Trinajstić information content (AvgIpc) is 3.55. The van der Waals surface area contributed by atoms with Crippen molar-refractivity contribution in [3.8, 4) is 17.5 Å². The largest absolute Gasteiger partial charge is 0.480 e. The van der Waals surface area contributed by atoms with Crippen LogP contribution >= 0.6 is 11.6 Å². The SMILES string of the molecule is Cc1ccc(C(=O)c2nn(-c3ccc(Cl)cc3)c(NCCCNC(=O)C3Cc4ccccc4O3)c2C#N)cc1. The number of ether oxygens (including phenoxy) is 1. The summed E-state index contributed by atoms with van der Waals surface area (Å²) in [7, 11) is 0. The first-order chi connectivity index (χ1) is 18.9. The molecule has 0 bridgehead atoms. The normalized spacial score (nSPS) is 13.7. The van der Waals surface area contributed by atoms with Gasteiger partial charge in [0.2, 0.25) is 5.78 Å². The van der Waals surface area contributed by atoms with Gasteiger partial charge in [-0.2, -0.15) is 10.4 Å². The van der Waals surface area contributed by atoms with Crippen molar-refractivity contribution in [1.82, 2.24) is 15.1 Å². The number of benzene rings is 3. The topological polar surface area (TPSA) is 109 Å². The predicted molar refractivity (Wildman–Crippen MR) is 149 cm³/mol. The Hall–Kier alpha value is -4.61. The first kappa shape index (κ1) is 26.0. The molecule has 8 nitrogen and oxygen atoms in total. The molecular weight excluding hydrogens is 514 g/mol. The van der Waals surface area contributed by atoms with E-state index >= 15 is 0 Å². The second kappa shape index (κ2) is 11.4. The molecule has 9 heteroatoms. The summed E-state index contributed by atoms with van der Waals surface area (Å²) in [6.45, 7) is 2.78. The highest BCUT2D eigenvalue weighted by Crippen LogP contribution is 2.28. The fraction of sp³-hybridized carbons (Fsp3) is 0.200. The van der Waals surface area contributed by atoms with E-state index < -0.39 is 6.10 Å². The molecule has 0 fully saturated rings. The van der Waals surface area contributed by atoms with Crippen LogP contribution < -0.4 is 15.4 Å². The maximum atomic E-state index is 13.3. The minimum atomic E-state index is -0.540. The maximum absolute atomic E-state index is 13.3. The number of nitrogens with one attached hydrogen (secondary N) is 2. The van der Waals surface area contributed by atoms with E-state index in [-0.39, 0.29) is 22.9 Å². The van der Waals surface area contributed by atoms with Gasteiger partial charge in [-0.15, -0.1) is 0 Å². The summed E-state index contributed by atoms with van der Waals surface area (Å²) in [4.78, 5) is 25.9. The van der Waals surface area contributed by atoms with Crippen molar-refractivity contribution in [3.63, 3.8) is 0 Å².